The number of primary amides is 1. The maximum Gasteiger partial charge on any atom is 0.338 e. The van der Waals surface area contributed by atoms with Crippen molar-refractivity contribution in [2.24, 2.45) is 5.73 Å². The third-order valence-corrected chi connectivity index (χ3v) is 4.70. The number of carbonyl (C=O) groups is 3. The van der Waals surface area contributed by atoms with E-state index in [4.69, 9.17) is 31.5 Å². The number of aryl methyl sites for hydroxylation is 1. The molecule has 0 saturated carbocycles. The van der Waals surface area contributed by atoms with Crippen molar-refractivity contribution >= 4 is 29.4 Å². The number of nitrogens with two attached hydrogens (primary N) is 1. The summed E-state index contributed by atoms with van der Waals surface area (Å²) in [4.78, 5) is 35.4. The molecule has 0 aromatic heterocycles. The molecule has 1 unspecified atom stereocenters. The quantitative estimate of drug-likeness (QED) is 0.540. The van der Waals surface area contributed by atoms with Gasteiger partial charge in [-0.25, -0.2) is 4.79 Å². The van der Waals surface area contributed by atoms with Crippen LogP contribution in [0.3, 0.4) is 0 Å². The van der Waals surface area contributed by atoms with Gasteiger partial charge in [0.15, 0.2) is 24.7 Å². The molecule has 0 heterocycles. The van der Waals surface area contributed by atoms with E-state index in [2.05, 4.69) is 12.2 Å². The number of amides is 2. The number of ether oxygens (including phenoxy) is 3. The summed E-state index contributed by atoms with van der Waals surface area (Å²) >= 11 is 6.12. The topological polar surface area (TPSA) is 117 Å². The van der Waals surface area contributed by atoms with Gasteiger partial charge < -0.3 is 25.3 Å². The Labute approximate surface area is 185 Å². The molecule has 2 aromatic carbocycles. The zero-order chi connectivity index (χ0) is 23.0. The molecule has 0 fully saturated rings. The average molecular weight is 449 g/mol. The van der Waals surface area contributed by atoms with Crippen LogP contribution in [0.15, 0.2) is 36.4 Å². The van der Waals surface area contributed by atoms with E-state index in [1.807, 2.05) is 31.2 Å². The van der Waals surface area contributed by atoms with Crippen molar-refractivity contribution in [1.82, 2.24) is 5.32 Å². The number of halogens is 1. The maximum absolute atomic E-state index is 12.3. The second-order valence-electron chi connectivity index (χ2n) is 6.70. The van der Waals surface area contributed by atoms with Gasteiger partial charge in [-0.1, -0.05) is 42.8 Å². The molecule has 0 saturated heterocycles. The smallest absolute Gasteiger partial charge is 0.338 e. The number of hydrogen-bond acceptors (Lipinski definition) is 6. The Morgan fingerprint density at radius 1 is 1.13 bits per heavy atom. The molecule has 0 aliphatic rings. The van der Waals surface area contributed by atoms with Gasteiger partial charge in [0, 0.05) is 0 Å². The number of rotatable bonds is 10. The summed E-state index contributed by atoms with van der Waals surface area (Å²) in [6.45, 7) is 3.05. The van der Waals surface area contributed by atoms with Gasteiger partial charge in [-0.3, -0.25) is 9.59 Å². The third-order valence-electron chi connectivity index (χ3n) is 4.42. The minimum atomic E-state index is -0.767. The molecule has 0 bridgehead atoms. The van der Waals surface area contributed by atoms with Crippen LogP contribution in [0.2, 0.25) is 5.02 Å². The Morgan fingerprint density at radius 3 is 2.39 bits per heavy atom. The minimum Gasteiger partial charge on any atom is -0.493 e. The van der Waals surface area contributed by atoms with Crippen LogP contribution in [0.5, 0.6) is 11.5 Å². The van der Waals surface area contributed by atoms with Crippen LogP contribution in [0.4, 0.5) is 0 Å². The number of esters is 1. The first-order valence-electron chi connectivity index (χ1n) is 9.59. The van der Waals surface area contributed by atoms with Gasteiger partial charge >= 0.3 is 5.97 Å². The number of nitrogens with one attached hydrogen (secondary N) is 1. The van der Waals surface area contributed by atoms with E-state index in [1.54, 1.807) is 0 Å². The van der Waals surface area contributed by atoms with E-state index in [0.717, 1.165) is 12.0 Å². The van der Waals surface area contributed by atoms with Crippen molar-refractivity contribution in [3.8, 4) is 11.5 Å². The van der Waals surface area contributed by atoms with Crippen molar-refractivity contribution in [3.63, 3.8) is 0 Å². The predicted molar refractivity (Wildman–Crippen MR) is 115 cm³/mol. The highest BCUT2D eigenvalue weighted by Gasteiger charge is 2.19. The van der Waals surface area contributed by atoms with Gasteiger partial charge in [0.1, 0.15) is 0 Å². The first-order chi connectivity index (χ1) is 14.7. The molecule has 2 rings (SSSR count). The highest BCUT2D eigenvalue weighted by Crippen LogP contribution is 2.36. The SMILES string of the molecule is CCc1ccc(C(C)NC(=O)COC(=O)c2cc(Cl)c(OCC(N)=O)c(OC)c2)cc1. The molecule has 9 heteroatoms. The summed E-state index contributed by atoms with van der Waals surface area (Å²) < 4.78 is 15.4. The molecule has 31 heavy (non-hydrogen) atoms. The molecule has 166 valence electrons. The first kappa shape index (κ1) is 24.0. The van der Waals surface area contributed by atoms with E-state index in [1.165, 1.54) is 24.8 Å². The van der Waals surface area contributed by atoms with E-state index in [0.29, 0.717) is 0 Å². The van der Waals surface area contributed by atoms with Crippen LogP contribution < -0.4 is 20.5 Å². The Hall–Kier alpha value is -3.26. The van der Waals surface area contributed by atoms with Crippen LogP contribution in [-0.4, -0.2) is 38.1 Å². The zero-order valence-electron chi connectivity index (χ0n) is 17.6. The summed E-state index contributed by atoms with van der Waals surface area (Å²) in [6.07, 6.45) is 0.935. The minimum absolute atomic E-state index is 0.0288. The predicted octanol–water partition coefficient (Wildman–Crippen LogP) is 2.81. The highest BCUT2D eigenvalue weighted by molar-refractivity contribution is 6.32. The summed E-state index contributed by atoms with van der Waals surface area (Å²) in [7, 11) is 1.35. The average Bonchev–Trinajstić information content (AvgIpc) is 2.75. The van der Waals surface area contributed by atoms with Crippen LogP contribution in [0.1, 0.15) is 41.4 Å². The molecule has 2 amide bonds. The lowest BCUT2D eigenvalue weighted by atomic mass is 10.1. The maximum atomic E-state index is 12.3. The highest BCUT2D eigenvalue weighted by atomic mass is 35.5. The van der Waals surface area contributed by atoms with Crippen LogP contribution in [-0.2, 0) is 20.7 Å². The molecule has 0 radical (unpaired) electrons. The van der Waals surface area contributed by atoms with E-state index in [-0.39, 0.29) is 28.1 Å². The van der Waals surface area contributed by atoms with E-state index >= 15 is 0 Å². The monoisotopic (exact) mass is 448 g/mol. The fourth-order valence-electron chi connectivity index (χ4n) is 2.74. The Kier molecular flexibility index (Phi) is 8.69. The van der Waals surface area contributed by atoms with Gasteiger partial charge in [0.05, 0.1) is 23.7 Å². The normalized spacial score (nSPS) is 11.4. The first-order valence-corrected chi connectivity index (χ1v) is 9.96. The molecule has 0 aliphatic heterocycles. The molecule has 0 aliphatic carbocycles. The van der Waals surface area contributed by atoms with Gasteiger partial charge in [0.25, 0.3) is 11.8 Å². The third kappa shape index (κ3) is 6.89. The summed E-state index contributed by atoms with van der Waals surface area (Å²) in [5.41, 5.74) is 7.26. The second kappa shape index (κ2) is 11.2. The lowest BCUT2D eigenvalue weighted by Gasteiger charge is -2.15. The number of carbonyl (C=O) groups excluding carboxylic acids is 3. The molecule has 0 spiro atoms. The van der Waals surface area contributed by atoms with E-state index < -0.39 is 31.0 Å². The van der Waals surface area contributed by atoms with Crippen LogP contribution >= 0.6 is 11.6 Å². The summed E-state index contributed by atoms with van der Waals surface area (Å²) in [6, 6.07) is 10.3. The summed E-state index contributed by atoms with van der Waals surface area (Å²) in [5, 5.41) is 2.81. The fourth-order valence-corrected chi connectivity index (χ4v) is 3.01. The molecular weight excluding hydrogens is 424 g/mol. The molecule has 2 aromatic rings. The second-order valence-corrected chi connectivity index (χ2v) is 7.11. The lowest BCUT2D eigenvalue weighted by molar-refractivity contribution is -0.125. The number of benzene rings is 2. The van der Waals surface area contributed by atoms with Crippen molar-refractivity contribution < 1.29 is 28.6 Å². The molecular formula is C22H25ClN2O6. The lowest BCUT2D eigenvalue weighted by Crippen LogP contribution is -2.31. The molecule has 1 atom stereocenters. The Morgan fingerprint density at radius 2 is 1.81 bits per heavy atom. The number of methoxy groups -OCH3 is 1. The van der Waals surface area contributed by atoms with Crippen molar-refractivity contribution in [2.45, 2.75) is 26.3 Å². The Balaban J connectivity index is 1.97. The standard InChI is InChI=1S/C22H25ClN2O6/c1-4-14-5-7-15(8-6-14)13(2)25-20(27)12-31-22(28)16-9-17(23)21(18(10-16)29-3)30-11-19(24)26/h5-10,13H,4,11-12H2,1-3H3,(H2,24,26)(H,25,27). The number of hydrogen-bond donors (Lipinski definition) is 2. The van der Waals surface area contributed by atoms with Gasteiger partial charge in [-0.2, -0.15) is 0 Å². The van der Waals surface area contributed by atoms with Gasteiger partial charge in [-0.15, -0.1) is 0 Å². The van der Waals surface area contributed by atoms with Crippen molar-refractivity contribution in [1.29, 1.82) is 0 Å². The van der Waals surface area contributed by atoms with Gasteiger partial charge in [0.2, 0.25) is 0 Å². The van der Waals surface area contributed by atoms with E-state index in [9.17, 15) is 14.4 Å². The van der Waals surface area contributed by atoms with Gasteiger partial charge in [-0.05, 0) is 36.6 Å². The van der Waals surface area contributed by atoms with Crippen LogP contribution in [0, 0.1) is 0 Å². The molecule has 3 N–H and O–H groups in total. The van der Waals surface area contributed by atoms with Crippen LogP contribution in [0.25, 0.3) is 0 Å². The largest absolute Gasteiger partial charge is 0.493 e. The van der Waals surface area contributed by atoms with Crippen molar-refractivity contribution in [3.05, 3.63) is 58.1 Å². The Bertz CT molecular complexity index is 946. The zero-order valence-corrected chi connectivity index (χ0v) is 18.3. The molecule has 8 nitrogen and oxygen atoms in total. The fraction of sp³-hybridized carbons (Fsp3) is 0.318. The van der Waals surface area contributed by atoms with Crippen molar-refractivity contribution in [2.75, 3.05) is 20.3 Å². The summed E-state index contributed by atoms with van der Waals surface area (Å²) in [5.74, 6) is -1.71.